The van der Waals surface area contributed by atoms with Gasteiger partial charge in [-0.15, -0.1) is 0 Å². The van der Waals surface area contributed by atoms with Gasteiger partial charge >= 0.3 is 5.97 Å². The molecule has 0 fully saturated rings. The van der Waals surface area contributed by atoms with Gasteiger partial charge in [-0.05, 0) is 31.2 Å². The quantitative estimate of drug-likeness (QED) is 0.494. The Morgan fingerprint density at radius 3 is 2.27 bits per heavy atom. The van der Waals surface area contributed by atoms with Crippen molar-refractivity contribution in [1.29, 1.82) is 0 Å². The molecule has 15 heavy (non-hydrogen) atoms. The second-order valence-corrected chi connectivity index (χ2v) is 3.49. The molecule has 4 nitrogen and oxygen atoms in total. The summed E-state index contributed by atoms with van der Waals surface area (Å²) >= 11 is 3.31. The van der Waals surface area contributed by atoms with Gasteiger partial charge in [0.25, 0.3) is 0 Å². The first kappa shape index (κ1) is 13.9. The number of nitrogens with two attached hydrogens (primary N) is 1. The summed E-state index contributed by atoms with van der Waals surface area (Å²) in [6.45, 7) is 3.65. The summed E-state index contributed by atoms with van der Waals surface area (Å²) in [6.07, 6.45) is 0. The van der Waals surface area contributed by atoms with Gasteiger partial charge in [0.05, 0.1) is 6.61 Å². The highest BCUT2D eigenvalue weighted by Gasteiger charge is 1.85. The molecule has 0 amide bonds. The third-order valence-electron chi connectivity index (χ3n) is 1.36. The summed E-state index contributed by atoms with van der Waals surface area (Å²) in [4.78, 5) is 9.82. The van der Waals surface area contributed by atoms with Crippen molar-refractivity contribution in [3.63, 3.8) is 0 Å². The normalized spacial score (nSPS) is 8.53. The number of carbonyl (C=O) groups excluding carboxylic acids is 1. The van der Waals surface area contributed by atoms with Crippen LogP contribution in [-0.4, -0.2) is 12.6 Å². The highest BCUT2D eigenvalue weighted by molar-refractivity contribution is 9.10. The number of esters is 1. The predicted octanol–water partition coefficient (Wildman–Crippen LogP) is 2.30. The number of hydrogen-bond donors (Lipinski definition) is 2. The second-order valence-electron chi connectivity index (χ2n) is 2.58. The van der Waals surface area contributed by atoms with Crippen molar-refractivity contribution in [3.8, 4) is 0 Å². The first-order valence-electron chi connectivity index (χ1n) is 4.45. The van der Waals surface area contributed by atoms with Crippen molar-refractivity contribution >= 4 is 27.6 Å². The summed E-state index contributed by atoms with van der Waals surface area (Å²) in [7, 11) is 0. The zero-order valence-corrected chi connectivity index (χ0v) is 10.4. The molecular formula is C10H15BrN2O2. The molecule has 1 aromatic rings. The first-order valence-corrected chi connectivity index (χ1v) is 5.25. The molecule has 0 unspecified atom stereocenters. The van der Waals surface area contributed by atoms with E-state index in [0.29, 0.717) is 6.61 Å². The number of hydrazine groups is 1. The number of nitrogen functional groups attached to an aromatic ring is 1. The summed E-state index contributed by atoms with van der Waals surface area (Å²) in [5, 5.41) is 0. The van der Waals surface area contributed by atoms with Crippen LogP contribution in [0.15, 0.2) is 28.7 Å². The zero-order chi connectivity index (χ0) is 11.7. The summed E-state index contributed by atoms with van der Waals surface area (Å²) in [6, 6.07) is 7.64. The first-order chi connectivity index (χ1) is 7.10. The maximum atomic E-state index is 9.82. The molecule has 0 aromatic heterocycles. The monoisotopic (exact) mass is 274 g/mol. The Morgan fingerprint density at radius 1 is 1.47 bits per heavy atom. The molecule has 3 N–H and O–H groups in total. The Balaban J connectivity index is 0.000000288. The molecular weight excluding hydrogens is 260 g/mol. The van der Waals surface area contributed by atoms with E-state index in [0.717, 1.165) is 10.2 Å². The van der Waals surface area contributed by atoms with Gasteiger partial charge in [0.2, 0.25) is 0 Å². The lowest BCUT2D eigenvalue weighted by molar-refractivity contribution is -0.140. The molecule has 0 saturated heterocycles. The van der Waals surface area contributed by atoms with Gasteiger partial charge in [0.15, 0.2) is 0 Å². The molecule has 0 saturated carbocycles. The molecule has 5 heteroatoms. The SMILES string of the molecule is CCOC(C)=O.NNc1ccc(Br)cc1. The Bertz CT molecular complexity index is 288. The predicted molar refractivity (Wildman–Crippen MR) is 64.3 cm³/mol. The molecule has 0 heterocycles. The topological polar surface area (TPSA) is 64.3 Å². The molecule has 1 rings (SSSR count). The molecule has 0 spiro atoms. The fourth-order valence-corrected chi connectivity index (χ4v) is 1.01. The molecule has 1 aromatic carbocycles. The van der Waals surface area contributed by atoms with Crippen LogP contribution < -0.4 is 11.3 Å². The average molecular weight is 275 g/mol. The molecule has 0 aliphatic heterocycles. The number of rotatable bonds is 2. The van der Waals surface area contributed by atoms with E-state index in [9.17, 15) is 4.79 Å². The van der Waals surface area contributed by atoms with Gasteiger partial charge in [-0.25, -0.2) is 0 Å². The Hall–Kier alpha value is -1.07. The van der Waals surface area contributed by atoms with E-state index in [4.69, 9.17) is 5.84 Å². The molecule has 0 radical (unpaired) electrons. The van der Waals surface area contributed by atoms with Gasteiger partial charge in [-0.3, -0.25) is 10.6 Å². The van der Waals surface area contributed by atoms with Gasteiger partial charge in [0.1, 0.15) is 0 Å². The highest BCUT2D eigenvalue weighted by Crippen LogP contribution is 2.12. The van der Waals surface area contributed by atoms with E-state index in [1.807, 2.05) is 24.3 Å². The van der Waals surface area contributed by atoms with Crippen LogP contribution in [0.2, 0.25) is 0 Å². The lowest BCUT2D eigenvalue weighted by atomic mass is 10.3. The number of anilines is 1. The van der Waals surface area contributed by atoms with Gasteiger partial charge in [-0.1, -0.05) is 15.9 Å². The van der Waals surface area contributed by atoms with Gasteiger partial charge < -0.3 is 10.2 Å². The van der Waals surface area contributed by atoms with E-state index in [2.05, 4.69) is 26.1 Å². The third kappa shape index (κ3) is 7.96. The van der Waals surface area contributed by atoms with E-state index in [1.165, 1.54) is 6.92 Å². The van der Waals surface area contributed by atoms with Crippen LogP contribution in [0.1, 0.15) is 13.8 Å². The van der Waals surface area contributed by atoms with E-state index < -0.39 is 0 Å². The van der Waals surface area contributed by atoms with Crippen LogP contribution in [0.3, 0.4) is 0 Å². The smallest absolute Gasteiger partial charge is 0.302 e. The second kappa shape index (κ2) is 8.26. The fraction of sp³-hybridized carbons (Fsp3) is 0.300. The third-order valence-corrected chi connectivity index (χ3v) is 1.89. The Kier molecular flexibility index (Phi) is 7.67. The van der Waals surface area contributed by atoms with Crippen molar-refractivity contribution < 1.29 is 9.53 Å². The van der Waals surface area contributed by atoms with Crippen molar-refractivity contribution in [1.82, 2.24) is 0 Å². The minimum Gasteiger partial charge on any atom is -0.466 e. The number of halogens is 1. The number of nitrogens with one attached hydrogen (secondary N) is 1. The average Bonchev–Trinajstić information content (AvgIpc) is 2.20. The van der Waals surface area contributed by atoms with Crippen LogP contribution in [-0.2, 0) is 9.53 Å². The Labute approximate surface area is 97.9 Å². The van der Waals surface area contributed by atoms with Crippen molar-refractivity contribution in [2.24, 2.45) is 5.84 Å². The van der Waals surface area contributed by atoms with Crippen LogP contribution in [0.4, 0.5) is 5.69 Å². The van der Waals surface area contributed by atoms with E-state index in [-0.39, 0.29) is 5.97 Å². The molecule has 0 atom stereocenters. The minimum absolute atomic E-state index is 0.211. The number of hydrogen-bond acceptors (Lipinski definition) is 4. The molecule has 84 valence electrons. The van der Waals surface area contributed by atoms with Crippen LogP contribution in [0, 0.1) is 0 Å². The van der Waals surface area contributed by atoms with Gasteiger partial charge in [-0.2, -0.15) is 0 Å². The van der Waals surface area contributed by atoms with Crippen LogP contribution in [0.25, 0.3) is 0 Å². The summed E-state index contributed by atoms with van der Waals surface area (Å²) < 4.78 is 5.46. The van der Waals surface area contributed by atoms with Crippen LogP contribution in [0.5, 0.6) is 0 Å². The van der Waals surface area contributed by atoms with Crippen LogP contribution >= 0.6 is 15.9 Å². The Morgan fingerprint density at radius 2 is 2.00 bits per heavy atom. The largest absolute Gasteiger partial charge is 0.466 e. The zero-order valence-electron chi connectivity index (χ0n) is 8.79. The van der Waals surface area contributed by atoms with Crippen molar-refractivity contribution in [3.05, 3.63) is 28.7 Å². The van der Waals surface area contributed by atoms with Crippen molar-refractivity contribution in [2.75, 3.05) is 12.0 Å². The lowest BCUT2D eigenvalue weighted by Crippen LogP contribution is -2.05. The lowest BCUT2D eigenvalue weighted by Gasteiger charge is -1.96. The summed E-state index contributed by atoms with van der Waals surface area (Å²) in [5.74, 6) is 4.92. The number of ether oxygens (including phenoxy) is 1. The number of carbonyl (C=O) groups is 1. The highest BCUT2D eigenvalue weighted by atomic mass is 79.9. The maximum absolute atomic E-state index is 9.82. The van der Waals surface area contributed by atoms with E-state index >= 15 is 0 Å². The van der Waals surface area contributed by atoms with Gasteiger partial charge in [0, 0.05) is 17.1 Å². The summed E-state index contributed by atoms with van der Waals surface area (Å²) in [5.41, 5.74) is 3.45. The fourth-order valence-electron chi connectivity index (χ4n) is 0.749. The number of benzene rings is 1. The minimum atomic E-state index is -0.211. The molecule has 0 aliphatic carbocycles. The molecule has 0 bridgehead atoms. The van der Waals surface area contributed by atoms with E-state index in [1.54, 1.807) is 6.92 Å². The molecule has 0 aliphatic rings. The van der Waals surface area contributed by atoms with Crippen molar-refractivity contribution in [2.45, 2.75) is 13.8 Å². The standard InChI is InChI=1S/C6H7BrN2.C4H8O2/c7-5-1-3-6(9-8)4-2-5;1-3-6-4(2)5/h1-4,9H,8H2;3H2,1-2H3. The maximum Gasteiger partial charge on any atom is 0.302 e.